The molecule has 0 N–H and O–H groups in total. The molecule has 6 nitrogen and oxygen atoms in total. The van der Waals surface area contributed by atoms with Gasteiger partial charge in [0.2, 0.25) is 11.8 Å². The van der Waals surface area contributed by atoms with E-state index in [0.717, 1.165) is 0 Å². The van der Waals surface area contributed by atoms with Gasteiger partial charge in [0.25, 0.3) is 5.69 Å². The largest absolute Gasteiger partial charge is 0.274 e. The van der Waals surface area contributed by atoms with Crippen molar-refractivity contribution in [1.82, 2.24) is 0 Å². The summed E-state index contributed by atoms with van der Waals surface area (Å²) in [5.74, 6) is -1.03. The minimum Gasteiger partial charge on any atom is -0.274 e. The van der Waals surface area contributed by atoms with Crippen molar-refractivity contribution in [3.05, 3.63) is 46.5 Å². The number of nitrogens with zero attached hydrogens (tertiary/aromatic N) is 2. The van der Waals surface area contributed by atoms with Gasteiger partial charge in [-0.1, -0.05) is 19.1 Å². The Kier molecular flexibility index (Phi) is 3.08. The highest BCUT2D eigenvalue weighted by molar-refractivity contribution is 6.22. The predicted octanol–water partition coefficient (Wildman–Crippen LogP) is 2.30. The van der Waals surface area contributed by atoms with Crippen LogP contribution in [0.1, 0.15) is 13.3 Å². The molecule has 1 heterocycles. The molecule has 0 unspecified atom stereocenters. The number of amides is 2. The molecule has 3 rings (SSSR count). The number of non-ortho nitro benzene ring substituents is 1. The first-order valence-corrected chi connectivity index (χ1v) is 6.79. The minimum atomic E-state index is -0.511. The van der Waals surface area contributed by atoms with E-state index in [2.05, 4.69) is 0 Å². The zero-order chi connectivity index (χ0) is 15.1. The number of fused-ring (bicyclic) bond motifs is 1. The number of hydrogen-bond donors (Lipinski definition) is 0. The van der Waals surface area contributed by atoms with Crippen LogP contribution < -0.4 is 4.90 Å². The molecule has 1 saturated heterocycles. The first-order chi connectivity index (χ1) is 10.0. The number of benzene rings is 1. The number of hydrogen-bond acceptors (Lipinski definition) is 4. The first-order valence-electron chi connectivity index (χ1n) is 6.79. The van der Waals surface area contributed by atoms with Crippen molar-refractivity contribution < 1.29 is 14.5 Å². The monoisotopic (exact) mass is 286 g/mol. The van der Waals surface area contributed by atoms with E-state index in [-0.39, 0.29) is 35.3 Å². The molecule has 1 aliphatic carbocycles. The molecule has 3 atom stereocenters. The van der Waals surface area contributed by atoms with E-state index in [4.69, 9.17) is 0 Å². The van der Waals surface area contributed by atoms with E-state index in [1.54, 1.807) is 0 Å². The van der Waals surface area contributed by atoms with Crippen LogP contribution in [0.2, 0.25) is 0 Å². The van der Waals surface area contributed by atoms with Crippen LogP contribution in [0.4, 0.5) is 11.4 Å². The van der Waals surface area contributed by atoms with Gasteiger partial charge < -0.3 is 0 Å². The molecule has 2 aliphatic rings. The average Bonchev–Trinajstić information content (AvgIpc) is 2.72. The highest BCUT2D eigenvalue weighted by Gasteiger charge is 2.50. The molecule has 21 heavy (non-hydrogen) atoms. The van der Waals surface area contributed by atoms with E-state index in [0.29, 0.717) is 12.1 Å². The lowest BCUT2D eigenvalue weighted by molar-refractivity contribution is -0.384. The smallest absolute Gasteiger partial charge is 0.269 e. The summed E-state index contributed by atoms with van der Waals surface area (Å²) in [6.07, 6.45) is 4.48. The summed E-state index contributed by atoms with van der Waals surface area (Å²) in [5, 5.41) is 10.7. The van der Waals surface area contributed by atoms with Gasteiger partial charge in [0.1, 0.15) is 0 Å². The van der Waals surface area contributed by atoms with Gasteiger partial charge in [-0.05, 0) is 24.5 Å². The fourth-order valence-electron chi connectivity index (χ4n) is 3.13. The van der Waals surface area contributed by atoms with Gasteiger partial charge in [-0.2, -0.15) is 0 Å². The molecule has 0 saturated carbocycles. The number of anilines is 1. The third kappa shape index (κ3) is 2.03. The lowest BCUT2D eigenvalue weighted by atomic mass is 9.78. The summed E-state index contributed by atoms with van der Waals surface area (Å²) in [4.78, 5) is 36.3. The third-order valence-corrected chi connectivity index (χ3v) is 4.19. The topological polar surface area (TPSA) is 80.5 Å². The number of allylic oxidation sites excluding steroid dienone is 2. The van der Waals surface area contributed by atoms with Gasteiger partial charge >= 0.3 is 0 Å². The molecular weight excluding hydrogens is 272 g/mol. The maximum absolute atomic E-state index is 12.5. The molecule has 2 amide bonds. The molecule has 1 aliphatic heterocycles. The van der Waals surface area contributed by atoms with E-state index in [1.807, 2.05) is 19.1 Å². The molecule has 1 fully saturated rings. The predicted molar refractivity (Wildman–Crippen MR) is 75.5 cm³/mol. The second-order valence-corrected chi connectivity index (χ2v) is 5.44. The number of carbonyl (C=O) groups excluding carboxylic acids is 2. The Labute approximate surface area is 121 Å². The summed E-state index contributed by atoms with van der Waals surface area (Å²) >= 11 is 0. The van der Waals surface area contributed by atoms with Crippen LogP contribution in [0.25, 0.3) is 0 Å². The van der Waals surface area contributed by atoms with Gasteiger partial charge in [0.05, 0.1) is 22.4 Å². The van der Waals surface area contributed by atoms with Gasteiger partial charge in [-0.3, -0.25) is 24.6 Å². The van der Waals surface area contributed by atoms with Crippen LogP contribution >= 0.6 is 0 Å². The summed E-state index contributed by atoms with van der Waals surface area (Å²) in [7, 11) is 0. The lowest BCUT2D eigenvalue weighted by Gasteiger charge is -2.22. The molecule has 0 bridgehead atoms. The van der Waals surface area contributed by atoms with Crippen LogP contribution in [-0.4, -0.2) is 16.7 Å². The number of carbonyl (C=O) groups is 2. The molecular formula is C15H14N2O4. The van der Waals surface area contributed by atoms with Crippen molar-refractivity contribution in [3.63, 3.8) is 0 Å². The van der Waals surface area contributed by atoms with Crippen molar-refractivity contribution in [2.24, 2.45) is 17.8 Å². The Morgan fingerprint density at radius 1 is 1.19 bits per heavy atom. The van der Waals surface area contributed by atoms with Crippen LogP contribution in [0.3, 0.4) is 0 Å². The summed E-state index contributed by atoms with van der Waals surface area (Å²) in [5.41, 5.74) is 0.336. The number of nitro benzene ring substituents is 1. The Morgan fingerprint density at radius 2 is 1.86 bits per heavy atom. The highest BCUT2D eigenvalue weighted by Crippen LogP contribution is 2.40. The van der Waals surface area contributed by atoms with Gasteiger partial charge in [0.15, 0.2) is 0 Å². The maximum atomic E-state index is 12.5. The van der Waals surface area contributed by atoms with Crippen molar-refractivity contribution >= 4 is 23.2 Å². The zero-order valence-corrected chi connectivity index (χ0v) is 11.4. The van der Waals surface area contributed by atoms with E-state index < -0.39 is 4.92 Å². The summed E-state index contributed by atoms with van der Waals surface area (Å²) in [6.45, 7) is 1.93. The van der Waals surface area contributed by atoms with Gasteiger partial charge in [-0.15, -0.1) is 0 Å². The van der Waals surface area contributed by atoms with Crippen molar-refractivity contribution in [1.29, 1.82) is 0 Å². The molecule has 1 aromatic carbocycles. The van der Waals surface area contributed by atoms with E-state index in [1.165, 1.54) is 29.2 Å². The van der Waals surface area contributed by atoms with Crippen molar-refractivity contribution in [2.45, 2.75) is 13.3 Å². The third-order valence-electron chi connectivity index (χ3n) is 4.19. The quantitative estimate of drug-likeness (QED) is 0.361. The molecule has 0 spiro atoms. The maximum Gasteiger partial charge on any atom is 0.269 e. The first kappa shape index (κ1) is 13.5. The van der Waals surface area contributed by atoms with E-state index >= 15 is 0 Å². The second kappa shape index (κ2) is 4.80. The van der Waals surface area contributed by atoms with Crippen LogP contribution in [0.5, 0.6) is 0 Å². The second-order valence-electron chi connectivity index (χ2n) is 5.44. The average molecular weight is 286 g/mol. The normalized spacial score (nSPS) is 27.9. The minimum absolute atomic E-state index is 0.0308. The fourth-order valence-corrected chi connectivity index (χ4v) is 3.13. The van der Waals surface area contributed by atoms with Crippen LogP contribution in [-0.2, 0) is 9.59 Å². The van der Waals surface area contributed by atoms with Gasteiger partial charge in [-0.25, -0.2) is 0 Å². The Hall–Kier alpha value is -2.50. The Balaban J connectivity index is 1.94. The van der Waals surface area contributed by atoms with E-state index in [9.17, 15) is 19.7 Å². The number of nitro groups is 1. The van der Waals surface area contributed by atoms with Crippen molar-refractivity contribution in [2.75, 3.05) is 4.90 Å². The number of rotatable bonds is 2. The van der Waals surface area contributed by atoms with Gasteiger partial charge in [0, 0.05) is 12.1 Å². The zero-order valence-electron chi connectivity index (χ0n) is 11.4. The van der Waals surface area contributed by atoms with Crippen LogP contribution in [0.15, 0.2) is 36.4 Å². The van der Waals surface area contributed by atoms with Crippen molar-refractivity contribution in [3.8, 4) is 0 Å². The fraction of sp³-hybridized carbons (Fsp3) is 0.333. The summed E-state index contributed by atoms with van der Waals surface area (Å²) in [6, 6.07) is 5.51. The molecule has 0 aromatic heterocycles. The number of imide groups is 1. The molecule has 108 valence electrons. The standard InChI is InChI=1S/C15H14N2O4/c1-9-3-2-4-12-13(9)15(19)16(14(12)18)10-5-7-11(8-6-10)17(20)21/h2-3,5-9,12-13H,4H2,1H3/t9-,12-,13+/m0/s1. The molecule has 6 heteroatoms. The SMILES string of the molecule is C[C@H]1C=CC[C@@H]2C(=O)N(c3ccc([N+](=O)[O-])cc3)C(=O)[C@@H]21. The molecule has 0 radical (unpaired) electrons. The summed E-state index contributed by atoms with van der Waals surface area (Å²) < 4.78 is 0. The van der Waals surface area contributed by atoms with Crippen LogP contribution in [0, 0.1) is 27.9 Å². The molecule has 1 aromatic rings. The Bertz CT molecular complexity index is 650. The highest BCUT2D eigenvalue weighted by atomic mass is 16.6. The Morgan fingerprint density at radius 3 is 2.43 bits per heavy atom. The lowest BCUT2D eigenvalue weighted by Crippen LogP contribution is -2.31.